The molecule has 1 aliphatic heterocycles. The smallest absolute Gasteiger partial charge is 0.243 e. The van der Waals surface area contributed by atoms with E-state index in [0.29, 0.717) is 19.1 Å². The number of nitrogens with zero attached hydrogens (tertiary/aromatic N) is 3. The standard InChI is InChI=1S/C16H23N5O2S/c1-20-13-16(11-17-20)24(22,23)18-8-10-21-9-7-15(12-21)19-14-5-3-2-4-6-14/h2-6,11,13,15,18-19H,7-10,12H2,1H3/t15-/m0/s1. The lowest BCUT2D eigenvalue weighted by molar-refractivity contribution is 0.341. The van der Waals surface area contributed by atoms with Gasteiger partial charge in [0, 0.05) is 51.2 Å². The van der Waals surface area contributed by atoms with Crippen molar-refractivity contribution < 1.29 is 8.42 Å². The largest absolute Gasteiger partial charge is 0.381 e. The zero-order valence-corrected chi connectivity index (χ0v) is 14.5. The maximum absolute atomic E-state index is 12.1. The van der Waals surface area contributed by atoms with Crippen molar-refractivity contribution in [2.45, 2.75) is 17.4 Å². The Morgan fingerprint density at radius 3 is 2.79 bits per heavy atom. The minimum absolute atomic E-state index is 0.204. The lowest BCUT2D eigenvalue weighted by Crippen LogP contribution is -2.35. The summed E-state index contributed by atoms with van der Waals surface area (Å²) >= 11 is 0. The first kappa shape index (κ1) is 16.9. The second-order valence-corrected chi connectivity index (χ2v) is 7.81. The fourth-order valence-electron chi connectivity index (χ4n) is 2.88. The van der Waals surface area contributed by atoms with Crippen molar-refractivity contribution >= 4 is 15.7 Å². The van der Waals surface area contributed by atoms with E-state index in [0.717, 1.165) is 25.2 Å². The van der Waals surface area contributed by atoms with Crippen LogP contribution in [0.3, 0.4) is 0 Å². The molecule has 0 spiro atoms. The van der Waals surface area contributed by atoms with Crippen LogP contribution in [0, 0.1) is 0 Å². The molecule has 2 heterocycles. The van der Waals surface area contributed by atoms with Gasteiger partial charge in [0.15, 0.2) is 0 Å². The molecule has 0 unspecified atom stereocenters. The van der Waals surface area contributed by atoms with Crippen molar-refractivity contribution in [3.8, 4) is 0 Å². The van der Waals surface area contributed by atoms with Gasteiger partial charge < -0.3 is 5.32 Å². The quantitative estimate of drug-likeness (QED) is 0.776. The summed E-state index contributed by atoms with van der Waals surface area (Å²) in [6, 6.07) is 10.6. The molecule has 8 heteroatoms. The number of hydrogen-bond acceptors (Lipinski definition) is 5. The van der Waals surface area contributed by atoms with E-state index in [2.05, 4.69) is 32.2 Å². The molecule has 0 amide bonds. The molecule has 2 N–H and O–H groups in total. The van der Waals surface area contributed by atoms with Crippen LogP contribution in [0.15, 0.2) is 47.6 Å². The minimum atomic E-state index is -3.47. The first-order chi connectivity index (χ1) is 11.5. The van der Waals surface area contributed by atoms with Crippen LogP contribution >= 0.6 is 0 Å². The molecule has 1 fully saturated rings. The van der Waals surface area contributed by atoms with E-state index in [1.165, 1.54) is 17.1 Å². The molecule has 7 nitrogen and oxygen atoms in total. The number of aryl methyl sites for hydroxylation is 1. The SMILES string of the molecule is Cn1cc(S(=O)(=O)NCCN2CC[C@H](Nc3ccccc3)C2)cn1. The summed E-state index contributed by atoms with van der Waals surface area (Å²) in [5.41, 5.74) is 1.13. The van der Waals surface area contributed by atoms with Gasteiger partial charge in [-0.25, -0.2) is 13.1 Å². The van der Waals surface area contributed by atoms with Gasteiger partial charge in [-0.2, -0.15) is 5.10 Å². The highest BCUT2D eigenvalue weighted by atomic mass is 32.2. The van der Waals surface area contributed by atoms with Gasteiger partial charge in [0.2, 0.25) is 10.0 Å². The Labute approximate surface area is 142 Å². The Hall–Kier alpha value is -1.90. The normalized spacial score (nSPS) is 18.8. The van der Waals surface area contributed by atoms with E-state index in [1.54, 1.807) is 7.05 Å². The molecular formula is C16H23N5O2S. The molecule has 1 aromatic heterocycles. The number of nitrogens with one attached hydrogen (secondary N) is 2. The van der Waals surface area contributed by atoms with Gasteiger partial charge in [0.25, 0.3) is 0 Å². The van der Waals surface area contributed by atoms with Gasteiger partial charge in [0.1, 0.15) is 4.90 Å². The molecule has 24 heavy (non-hydrogen) atoms. The zero-order chi connectivity index (χ0) is 17.0. The molecule has 0 aliphatic carbocycles. The maximum atomic E-state index is 12.1. The maximum Gasteiger partial charge on any atom is 0.243 e. The first-order valence-electron chi connectivity index (χ1n) is 8.05. The summed E-state index contributed by atoms with van der Waals surface area (Å²) in [7, 11) is -1.77. The fraction of sp³-hybridized carbons (Fsp3) is 0.438. The Kier molecular flexibility index (Phi) is 5.17. The van der Waals surface area contributed by atoms with Crippen LogP contribution in [-0.4, -0.2) is 55.3 Å². The third-order valence-corrected chi connectivity index (χ3v) is 5.54. The van der Waals surface area contributed by atoms with Crippen LogP contribution in [0.25, 0.3) is 0 Å². The zero-order valence-electron chi connectivity index (χ0n) is 13.7. The number of para-hydroxylation sites is 1. The van der Waals surface area contributed by atoms with Gasteiger partial charge in [-0.05, 0) is 18.6 Å². The molecular weight excluding hydrogens is 326 g/mol. The highest BCUT2D eigenvalue weighted by Gasteiger charge is 2.22. The number of aromatic nitrogens is 2. The van der Waals surface area contributed by atoms with Crippen molar-refractivity contribution in [1.82, 2.24) is 19.4 Å². The van der Waals surface area contributed by atoms with Crippen molar-refractivity contribution in [3.63, 3.8) is 0 Å². The van der Waals surface area contributed by atoms with Gasteiger partial charge in [-0.1, -0.05) is 18.2 Å². The van der Waals surface area contributed by atoms with Gasteiger partial charge in [-0.3, -0.25) is 9.58 Å². The van der Waals surface area contributed by atoms with E-state index in [9.17, 15) is 8.42 Å². The van der Waals surface area contributed by atoms with E-state index in [4.69, 9.17) is 0 Å². The number of likely N-dealkylation sites (tertiary alicyclic amines) is 1. The van der Waals surface area contributed by atoms with E-state index in [-0.39, 0.29) is 4.90 Å². The summed E-state index contributed by atoms with van der Waals surface area (Å²) in [6.45, 7) is 2.99. The molecule has 1 saturated heterocycles. The average molecular weight is 349 g/mol. The number of hydrogen-bond donors (Lipinski definition) is 2. The van der Waals surface area contributed by atoms with Crippen LogP contribution in [0.1, 0.15) is 6.42 Å². The van der Waals surface area contributed by atoms with Crippen LogP contribution in [0.5, 0.6) is 0 Å². The second-order valence-electron chi connectivity index (χ2n) is 6.04. The number of anilines is 1. The minimum Gasteiger partial charge on any atom is -0.381 e. The monoisotopic (exact) mass is 349 g/mol. The topological polar surface area (TPSA) is 79.3 Å². The molecule has 1 aliphatic rings. The fourth-order valence-corrected chi connectivity index (χ4v) is 3.89. The van der Waals surface area contributed by atoms with Crippen LogP contribution in [0.4, 0.5) is 5.69 Å². The Balaban J connectivity index is 1.43. The summed E-state index contributed by atoms with van der Waals surface area (Å²) in [6.07, 6.45) is 3.92. The predicted molar refractivity (Wildman–Crippen MR) is 93.3 cm³/mol. The molecule has 0 bridgehead atoms. The first-order valence-corrected chi connectivity index (χ1v) is 9.53. The highest BCUT2D eigenvalue weighted by molar-refractivity contribution is 7.89. The molecule has 3 rings (SSSR count). The van der Waals surface area contributed by atoms with Gasteiger partial charge in [-0.15, -0.1) is 0 Å². The molecule has 2 aromatic rings. The number of sulfonamides is 1. The summed E-state index contributed by atoms with van der Waals surface area (Å²) in [4.78, 5) is 2.47. The summed E-state index contributed by atoms with van der Waals surface area (Å²) in [5, 5.41) is 7.41. The van der Waals surface area contributed by atoms with E-state index >= 15 is 0 Å². The lowest BCUT2D eigenvalue weighted by atomic mass is 10.2. The van der Waals surface area contributed by atoms with E-state index < -0.39 is 10.0 Å². The number of rotatable bonds is 7. The number of benzene rings is 1. The average Bonchev–Trinajstić information content (AvgIpc) is 3.18. The lowest BCUT2D eigenvalue weighted by Gasteiger charge is -2.17. The predicted octanol–water partition coefficient (Wildman–Crippen LogP) is 0.885. The third-order valence-electron chi connectivity index (χ3n) is 4.13. The highest BCUT2D eigenvalue weighted by Crippen LogP contribution is 2.15. The molecule has 1 aromatic carbocycles. The Morgan fingerprint density at radius 1 is 1.29 bits per heavy atom. The van der Waals surface area contributed by atoms with Crippen LogP contribution in [-0.2, 0) is 17.1 Å². The van der Waals surface area contributed by atoms with Crippen molar-refractivity contribution in [2.24, 2.45) is 7.05 Å². The van der Waals surface area contributed by atoms with Crippen molar-refractivity contribution in [2.75, 3.05) is 31.5 Å². The molecule has 130 valence electrons. The molecule has 0 radical (unpaired) electrons. The summed E-state index contributed by atoms with van der Waals surface area (Å²) in [5.74, 6) is 0. The van der Waals surface area contributed by atoms with Crippen LogP contribution < -0.4 is 10.0 Å². The Bertz CT molecular complexity index is 760. The van der Waals surface area contributed by atoms with E-state index in [1.807, 2.05) is 18.2 Å². The molecule has 0 saturated carbocycles. The van der Waals surface area contributed by atoms with Gasteiger partial charge in [0.05, 0.1) is 6.20 Å². The second kappa shape index (κ2) is 7.33. The van der Waals surface area contributed by atoms with Gasteiger partial charge >= 0.3 is 0 Å². The molecule has 1 atom stereocenters. The van der Waals surface area contributed by atoms with Crippen molar-refractivity contribution in [1.29, 1.82) is 0 Å². The Morgan fingerprint density at radius 2 is 2.08 bits per heavy atom. The van der Waals surface area contributed by atoms with Crippen LogP contribution in [0.2, 0.25) is 0 Å². The third kappa shape index (κ3) is 4.34. The van der Waals surface area contributed by atoms with Crippen molar-refractivity contribution in [3.05, 3.63) is 42.7 Å². The summed E-state index contributed by atoms with van der Waals surface area (Å²) < 4.78 is 28.4.